The lowest BCUT2D eigenvalue weighted by atomic mass is 10.2. The van der Waals surface area contributed by atoms with Crippen LogP contribution in [0.4, 0.5) is 17.2 Å². The van der Waals surface area contributed by atoms with Gasteiger partial charge in [0.1, 0.15) is 11.6 Å². The second-order valence-corrected chi connectivity index (χ2v) is 5.48. The number of nitrogens with one attached hydrogen (secondary N) is 1. The van der Waals surface area contributed by atoms with Crippen LogP contribution >= 0.6 is 0 Å². The maximum atomic E-state index is 12.3. The van der Waals surface area contributed by atoms with E-state index >= 15 is 0 Å². The van der Waals surface area contributed by atoms with Crippen molar-refractivity contribution in [3.05, 3.63) is 78.5 Å². The predicted octanol–water partition coefficient (Wildman–Crippen LogP) is 4.11. The van der Waals surface area contributed by atoms with Crippen LogP contribution in [-0.2, 0) is 0 Å². The average molecular weight is 333 g/mol. The molecule has 0 atom stereocenters. The Balaban J connectivity index is 1.68. The molecular formula is C20H19N3O2. The van der Waals surface area contributed by atoms with Gasteiger partial charge in [0.15, 0.2) is 0 Å². The highest BCUT2D eigenvalue weighted by Gasteiger charge is 2.08. The van der Waals surface area contributed by atoms with Gasteiger partial charge in [-0.15, -0.1) is 0 Å². The Hall–Kier alpha value is -3.34. The molecule has 0 saturated heterocycles. The summed E-state index contributed by atoms with van der Waals surface area (Å²) in [6, 6.07) is 20.6. The number of benzene rings is 2. The number of para-hydroxylation sites is 1. The zero-order valence-corrected chi connectivity index (χ0v) is 14.1. The Morgan fingerprint density at radius 3 is 2.28 bits per heavy atom. The molecule has 0 spiro atoms. The summed E-state index contributed by atoms with van der Waals surface area (Å²) >= 11 is 0. The highest BCUT2D eigenvalue weighted by Crippen LogP contribution is 2.23. The molecule has 5 nitrogen and oxygen atoms in total. The fraction of sp³-hybridized carbons (Fsp3) is 0.100. The normalized spacial score (nSPS) is 10.2. The van der Waals surface area contributed by atoms with Crippen molar-refractivity contribution < 1.29 is 9.53 Å². The number of hydrogen-bond donors (Lipinski definition) is 1. The van der Waals surface area contributed by atoms with Crippen LogP contribution in [0.3, 0.4) is 0 Å². The van der Waals surface area contributed by atoms with Crippen LogP contribution < -0.4 is 15.0 Å². The fourth-order valence-electron chi connectivity index (χ4n) is 2.39. The average Bonchev–Trinajstić information content (AvgIpc) is 2.68. The second kappa shape index (κ2) is 7.49. The summed E-state index contributed by atoms with van der Waals surface area (Å²) in [4.78, 5) is 18.6. The molecule has 0 aliphatic carbocycles. The van der Waals surface area contributed by atoms with Gasteiger partial charge in [-0.1, -0.05) is 18.2 Å². The van der Waals surface area contributed by atoms with Crippen LogP contribution in [0.25, 0.3) is 0 Å². The maximum Gasteiger partial charge on any atom is 0.256 e. The molecule has 3 aromatic rings. The highest BCUT2D eigenvalue weighted by atomic mass is 16.5. The lowest BCUT2D eigenvalue weighted by Crippen LogP contribution is -2.14. The quantitative estimate of drug-likeness (QED) is 0.763. The summed E-state index contributed by atoms with van der Waals surface area (Å²) < 4.78 is 5.09. The number of amides is 1. The van der Waals surface area contributed by atoms with E-state index in [1.54, 1.807) is 43.6 Å². The number of anilines is 3. The van der Waals surface area contributed by atoms with Crippen LogP contribution in [0, 0.1) is 0 Å². The number of hydrogen-bond acceptors (Lipinski definition) is 4. The Morgan fingerprint density at radius 2 is 1.68 bits per heavy atom. The van der Waals surface area contributed by atoms with Gasteiger partial charge in [0.25, 0.3) is 5.91 Å². The lowest BCUT2D eigenvalue weighted by molar-refractivity contribution is 0.102. The van der Waals surface area contributed by atoms with Crippen molar-refractivity contribution in [1.82, 2.24) is 4.98 Å². The summed E-state index contributed by atoms with van der Waals surface area (Å²) in [6.45, 7) is 0. The monoisotopic (exact) mass is 333 g/mol. The van der Waals surface area contributed by atoms with Crippen molar-refractivity contribution in [3.63, 3.8) is 0 Å². The van der Waals surface area contributed by atoms with Gasteiger partial charge in [0.2, 0.25) is 0 Å². The molecule has 0 bridgehead atoms. The Bertz CT molecular complexity index is 831. The minimum absolute atomic E-state index is 0.209. The van der Waals surface area contributed by atoms with Crippen molar-refractivity contribution in [2.75, 3.05) is 24.4 Å². The summed E-state index contributed by atoms with van der Waals surface area (Å²) in [7, 11) is 3.56. The van der Waals surface area contributed by atoms with E-state index in [1.807, 2.05) is 48.3 Å². The van der Waals surface area contributed by atoms with Crippen molar-refractivity contribution >= 4 is 23.1 Å². The number of pyridine rings is 1. The first-order chi connectivity index (χ1) is 12.2. The molecule has 1 heterocycles. The van der Waals surface area contributed by atoms with Crippen molar-refractivity contribution in [2.24, 2.45) is 0 Å². The van der Waals surface area contributed by atoms with Crippen LogP contribution in [0.5, 0.6) is 5.75 Å². The van der Waals surface area contributed by atoms with E-state index < -0.39 is 0 Å². The Labute approximate surface area is 146 Å². The second-order valence-electron chi connectivity index (χ2n) is 5.48. The standard InChI is InChI=1S/C20H19N3O2/c1-23(16-6-4-3-5-7-16)17-10-13-19(21-14-17)22-20(24)15-8-11-18(25-2)12-9-15/h3-14H,1-2H3,(H,21,22,24). The first kappa shape index (κ1) is 16.5. The number of carbonyl (C=O) groups is 1. The number of ether oxygens (including phenoxy) is 1. The third-order valence-electron chi connectivity index (χ3n) is 3.87. The zero-order valence-electron chi connectivity index (χ0n) is 14.1. The molecule has 1 N–H and O–H groups in total. The van der Waals surface area contributed by atoms with Gasteiger partial charge < -0.3 is 15.0 Å². The molecule has 0 aliphatic rings. The Morgan fingerprint density at radius 1 is 0.960 bits per heavy atom. The SMILES string of the molecule is COc1ccc(C(=O)Nc2ccc(N(C)c3ccccc3)cn2)cc1. The number of nitrogens with zero attached hydrogens (tertiary/aromatic N) is 2. The van der Waals surface area contributed by atoms with Gasteiger partial charge in [-0.25, -0.2) is 4.98 Å². The van der Waals surface area contributed by atoms with Crippen molar-refractivity contribution in [3.8, 4) is 5.75 Å². The molecule has 25 heavy (non-hydrogen) atoms. The fourth-order valence-corrected chi connectivity index (χ4v) is 2.39. The largest absolute Gasteiger partial charge is 0.497 e. The summed E-state index contributed by atoms with van der Waals surface area (Å²) in [5.74, 6) is 1.01. The van der Waals surface area contributed by atoms with Gasteiger partial charge >= 0.3 is 0 Å². The van der Waals surface area contributed by atoms with Crippen molar-refractivity contribution in [1.29, 1.82) is 0 Å². The van der Waals surface area contributed by atoms with Crippen LogP contribution in [-0.4, -0.2) is 25.0 Å². The van der Waals surface area contributed by atoms with E-state index in [4.69, 9.17) is 4.74 Å². The topological polar surface area (TPSA) is 54.5 Å². The predicted molar refractivity (Wildman–Crippen MR) is 99.7 cm³/mol. The van der Waals surface area contributed by atoms with E-state index in [1.165, 1.54) is 0 Å². The van der Waals surface area contributed by atoms with E-state index in [0.29, 0.717) is 17.1 Å². The molecule has 0 unspecified atom stereocenters. The summed E-state index contributed by atoms with van der Waals surface area (Å²) in [5, 5.41) is 2.79. The molecule has 0 aliphatic heterocycles. The molecule has 1 aromatic heterocycles. The van der Waals surface area contributed by atoms with Gasteiger partial charge in [0, 0.05) is 18.3 Å². The number of rotatable bonds is 5. The number of carbonyl (C=O) groups excluding carboxylic acids is 1. The lowest BCUT2D eigenvalue weighted by Gasteiger charge is -2.19. The van der Waals surface area contributed by atoms with E-state index in [2.05, 4.69) is 10.3 Å². The van der Waals surface area contributed by atoms with Crippen LogP contribution in [0.15, 0.2) is 72.9 Å². The van der Waals surface area contributed by atoms with Gasteiger partial charge in [-0.3, -0.25) is 4.79 Å². The van der Waals surface area contributed by atoms with Crippen LogP contribution in [0.2, 0.25) is 0 Å². The molecular weight excluding hydrogens is 314 g/mol. The number of aromatic nitrogens is 1. The van der Waals surface area contributed by atoms with E-state index in [9.17, 15) is 4.79 Å². The Kier molecular flexibility index (Phi) is 4.95. The third-order valence-corrected chi connectivity index (χ3v) is 3.87. The molecule has 0 fully saturated rings. The molecule has 0 radical (unpaired) electrons. The zero-order chi connectivity index (χ0) is 17.6. The molecule has 126 valence electrons. The first-order valence-electron chi connectivity index (χ1n) is 7.87. The number of methoxy groups -OCH3 is 1. The van der Waals surface area contributed by atoms with Crippen molar-refractivity contribution in [2.45, 2.75) is 0 Å². The molecule has 1 amide bonds. The minimum atomic E-state index is -0.209. The third kappa shape index (κ3) is 3.95. The highest BCUT2D eigenvalue weighted by molar-refractivity contribution is 6.03. The van der Waals surface area contributed by atoms with Gasteiger partial charge in [-0.2, -0.15) is 0 Å². The minimum Gasteiger partial charge on any atom is -0.497 e. The van der Waals surface area contributed by atoms with E-state index in [0.717, 1.165) is 11.4 Å². The summed E-state index contributed by atoms with van der Waals surface area (Å²) in [6.07, 6.45) is 1.73. The molecule has 0 saturated carbocycles. The smallest absolute Gasteiger partial charge is 0.256 e. The van der Waals surface area contributed by atoms with Gasteiger partial charge in [0.05, 0.1) is 19.0 Å². The molecule has 3 rings (SSSR count). The molecule has 2 aromatic carbocycles. The van der Waals surface area contributed by atoms with E-state index in [-0.39, 0.29) is 5.91 Å². The summed E-state index contributed by atoms with van der Waals surface area (Å²) in [5.41, 5.74) is 2.56. The van der Waals surface area contributed by atoms with Gasteiger partial charge in [-0.05, 0) is 48.5 Å². The van der Waals surface area contributed by atoms with Crippen LogP contribution in [0.1, 0.15) is 10.4 Å². The molecule has 5 heteroatoms. The first-order valence-corrected chi connectivity index (χ1v) is 7.87. The maximum absolute atomic E-state index is 12.3.